The Labute approximate surface area is 67.6 Å². The molecule has 1 atom stereocenters. The molecule has 0 amide bonds. The number of fused-ring (bicyclic) bond motifs is 2. The molecule has 2 bridgehead atoms. The summed E-state index contributed by atoms with van der Waals surface area (Å²) in [5.41, 5.74) is 14.1. The Morgan fingerprint density at radius 1 is 1.36 bits per heavy atom. The zero-order valence-corrected chi connectivity index (χ0v) is 7.06. The summed E-state index contributed by atoms with van der Waals surface area (Å²) in [6.07, 6.45) is 5.07. The van der Waals surface area contributed by atoms with Crippen LogP contribution in [0.5, 0.6) is 0 Å². The van der Waals surface area contributed by atoms with Gasteiger partial charge in [-0.1, -0.05) is 5.57 Å². The topological polar surface area (TPSA) is 52.0 Å². The molecular weight excluding hydrogens is 136 g/mol. The molecule has 0 spiro atoms. The van der Waals surface area contributed by atoms with Crippen molar-refractivity contribution in [1.82, 2.24) is 0 Å². The summed E-state index contributed by atoms with van der Waals surface area (Å²) in [7, 11) is 0. The van der Waals surface area contributed by atoms with E-state index >= 15 is 0 Å². The smallest absolute Gasteiger partial charge is 0.0832 e. The van der Waals surface area contributed by atoms with E-state index in [1.165, 1.54) is 31.3 Å². The Kier molecular flexibility index (Phi) is 1.38. The minimum atomic E-state index is -0.537. The van der Waals surface area contributed by atoms with Crippen molar-refractivity contribution in [2.75, 3.05) is 0 Å². The summed E-state index contributed by atoms with van der Waals surface area (Å²) in [6, 6.07) is 0. The molecule has 2 heteroatoms. The van der Waals surface area contributed by atoms with Crippen molar-refractivity contribution in [3.63, 3.8) is 0 Å². The quantitative estimate of drug-likeness (QED) is 0.437. The molecule has 11 heavy (non-hydrogen) atoms. The van der Waals surface area contributed by atoms with Crippen LogP contribution >= 0.6 is 0 Å². The normalized spacial score (nSPS) is 30.3. The van der Waals surface area contributed by atoms with Crippen molar-refractivity contribution in [2.45, 2.75) is 38.3 Å². The van der Waals surface area contributed by atoms with Gasteiger partial charge in [0.2, 0.25) is 0 Å². The summed E-state index contributed by atoms with van der Waals surface area (Å²) in [5.74, 6) is 0.881. The fraction of sp³-hybridized carbons (Fsp3) is 0.778. The van der Waals surface area contributed by atoms with E-state index in [0.717, 1.165) is 5.92 Å². The lowest BCUT2D eigenvalue weighted by Gasteiger charge is -2.25. The Morgan fingerprint density at radius 3 is 2.36 bits per heavy atom. The highest BCUT2D eigenvalue weighted by molar-refractivity contribution is 5.32. The van der Waals surface area contributed by atoms with Crippen molar-refractivity contribution >= 4 is 0 Å². The maximum atomic E-state index is 5.85. The highest BCUT2D eigenvalue weighted by Crippen LogP contribution is 2.45. The molecule has 4 N–H and O–H groups in total. The maximum Gasteiger partial charge on any atom is 0.0832 e. The molecule has 0 aromatic heterocycles. The second-order valence-corrected chi connectivity index (χ2v) is 4.18. The molecule has 2 rings (SSSR count). The van der Waals surface area contributed by atoms with Gasteiger partial charge in [-0.05, 0) is 44.1 Å². The Bertz CT molecular complexity index is 210. The molecular formula is C9H16N2. The first-order valence-corrected chi connectivity index (χ1v) is 4.36. The van der Waals surface area contributed by atoms with Crippen LogP contribution in [0.3, 0.4) is 0 Å². The third-order valence-electron chi connectivity index (χ3n) is 2.96. The van der Waals surface area contributed by atoms with Crippen LogP contribution < -0.4 is 11.5 Å². The van der Waals surface area contributed by atoms with Gasteiger partial charge in [0, 0.05) is 0 Å². The zero-order valence-electron chi connectivity index (χ0n) is 7.06. The Hall–Kier alpha value is -0.340. The molecule has 0 saturated heterocycles. The first-order valence-electron chi connectivity index (χ1n) is 4.36. The van der Waals surface area contributed by atoms with Crippen molar-refractivity contribution in [1.29, 1.82) is 0 Å². The van der Waals surface area contributed by atoms with Gasteiger partial charge in [0.15, 0.2) is 0 Å². The number of hydrogen-bond acceptors (Lipinski definition) is 2. The molecule has 1 fully saturated rings. The van der Waals surface area contributed by atoms with Crippen LogP contribution in [-0.2, 0) is 0 Å². The van der Waals surface area contributed by atoms with Gasteiger partial charge in [-0.25, -0.2) is 0 Å². The Morgan fingerprint density at radius 2 is 2.09 bits per heavy atom. The third-order valence-corrected chi connectivity index (χ3v) is 2.96. The lowest BCUT2D eigenvalue weighted by Crippen LogP contribution is -2.48. The molecule has 0 aromatic carbocycles. The van der Waals surface area contributed by atoms with E-state index in [0.29, 0.717) is 0 Å². The average Bonchev–Trinajstić information content (AvgIpc) is 2.42. The molecule has 0 heterocycles. The highest BCUT2D eigenvalue weighted by atomic mass is 14.9. The molecule has 2 aliphatic carbocycles. The first kappa shape index (κ1) is 7.32. The molecule has 2 aliphatic rings. The summed E-state index contributed by atoms with van der Waals surface area (Å²) >= 11 is 0. The molecule has 1 saturated carbocycles. The summed E-state index contributed by atoms with van der Waals surface area (Å²) in [6.45, 7) is 1.91. The van der Waals surface area contributed by atoms with Crippen LogP contribution in [0.25, 0.3) is 0 Å². The molecule has 1 unspecified atom stereocenters. The van der Waals surface area contributed by atoms with Crippen LogP contribution in [-0.4, -0.2) is 5.66 Å². The summed E-state index contributed by atoms with van der Waals surface area (Å²) < 4.78 is 0. The Balaban J connectivity index is 2.28. The van der Waals surface area contributed by atoms with E-state index in [1.807, 2.05) is 6.92 Å². The number of allylic oxidation sites excluding steroid dienone is 1. The lowest BCUT2D eigenvalue weighted by molar-refractivity contribution is 0.487. The van der Waals surface area contributed by atoms with Gasteiger partial charge in [0.05, 0.1) is 5.66 Å². The second kappa shape index (κ2) is 2.08. The number of nitrogens with two attached hydrogens (primary N) is 2. The standard InChI is InChI=1S/C9H16N2/c1-9(10,11)8-5-6-2-3-7(8)4-6/h6H,2-5,10-11H2,1H3. The van der Waals surface area contributed by atoms with Gasteiger partial charge in [0.25, 0.3) is 0 Å². The number of hydrogen-bond donors (Lipinski definition) is 2. The lowest BCUT2D eigenvalue weighted by atomic mass is 9.91. The van der Waals surface area contributed by atoms with E-state index in [1.54, 1.807) is 5.57 Å². The van der Waals surface area contributed by atoms with Gasteiger partial charge in [0.1, 0.15) is 0 Å². The fourth-order valence-corrected chi connectivity index (χ4v) is 2.41. The van der Waals surface area contributed by atoms with Crippen LogP contribution in [0.1, 0.15) is 32.6 Å². The van der Waals surface area contributed by atoms with Crippen LogP contribution in [0, 0.1) is 5.92 Å². The van der Waals surface area contributed by atoms with Gasteiger partial charge in [-0.2, -0.15) is 0 Å². The predicted octanol–water partition coefficient (Wildman–Crippen LogP) is 1.12. The van der Waals surface area contributed by atoms with Crippen LogP contribution in [0.2, 0.25) is 0 Å². The van der Waals surface area contributed by atoms with E-state index < -0.39 is 5.66 Å². The van der Waals surface area contributed by atoms with Crippen molar-refractivity contribution in [3.05, 3.63) is 11.1 Å². The van der Waals surface area contributed by atoms with Gasteiger partial charge < -0.3 is 11.5 Å². The van der Waals surface area contributed by atoms with Gasteiger partial charge in [-0.3, -0.25) is 0 Å². The van der Waals surface area contributed by atoms with Crippen molar-refractivity contribution in [3.8, 4) is 0 Å². The molecule has 0 radical (unpaired) electrons. The zero-order chi connectivity index (χ0) is 8.06. The van der Waals surface area contributed by atoms with E-state index in [2.05, 4.69) is 0 Å². The third kappa shape index (κ3) is 1.10. The summed E-state index contributed by atoms with van der Waals surface area (Å²) in [5, 5.41) is 0. The van der Waals surface area contributed by atoms with Gasteiger partial charge >= 0.3 is 0 Å². The first-order chi connectivity index (χ1) is 5.07. The average molecular weight is 152 g/mol. The monoisotopic (exact) mass is 152 g/mol. The fourth-order valence-electron chi connectivity index (χ4n) is 2.41. The molecule has 2 nitrogen and oxygen atoms in total. The van der Waals surface area contributed by atoms with Crippen LogP contribution in [0.15, 0.2) is 11.1 Å². The SMILES string of the molecule is CC(N)(N)C1=C2CCC(C2)C1. The number of rotatable bonds is 1. The molecule has 0 aromatic rings. The minimum Gasteiger partial charge on any atom is -0.310 e. The van der Waals surface area contributed by atoms with Crippen molar-refractivity contribution in [2.24, 2.45) is 17.4 Å². The van der Waals surface area contributed by atoms with E-state index in [4.69, 9.17) is 11.5 Å². The maximum absolute atomic E-state index is 5.85. The van der Waals surface area contributed by atoms with Gasteiger partial charge in [-0.15, -0.1) is 0 Å². The summed E-state index contributed by atoms with van der Waals surface area (Å²) in [4.78, 5) is 0. The second-order valence-electron chi connectivity index (χ2n) is 4.18. The molecule has 0 aliphatic heterocycles. The van der Waals surface area contributed by atoms with Crippen molar-refractivity contribution < 1.29 is 0 Å². The van der Waals surface area contributed by atoms with E-state index in [9.17, 15) is 0 Å². The highest BCUT2D eigenvalue weighted by Gasteiger charge is 2.35. The van der Waals surface area contributed by atoms with E-state index in [-0.39, 0.29) is 0 Å². The minimum absolute atomic E-state index is 0.537. The molecule has 62 valence electrons. The largest absolute Gasteiger partial charge is 0.310 e. The van der Waals surface area contributed by atoms with Crippen LogP contribution in [0.4, 0.5) is 0 Å². The predicted molar refractivity (Wildman–Crippen MR) is 45.8 cm³/mol.